The molecule has 0 aliphatic carbocycles. The molecule has 0 unspecified atom stereocenters. The third-order valence-electron chi connectivity index (χ3n) is 3.54. The van der Waals surface area contributed by atoms with E-state index >= 15 is 0 Å². The van der Waals surface area contributed by atoms with Gasteiger partial charge in [-0.3, -0.25) is 4.79 Å². The van der Waals surface area contributed by atoms with Crippen molar-refractivity contribution in [2.45, 2.75) is 45.8 Å². The second-order valence-corrected chi connectivity index (χ2v) is 5.53. The third-order valence-corrected chi connectivity index (χ3v) is 3.54. The molecule has 0 saturated heterocycles. The van der Waals surface area contributed by atoms with Crippen LogP contribution in [-0.4, -0.2) is 29.0 Å². The Morgan fingerprint density at radius 2 is 1.79 bits per heavy atom. The Morgan fingerprint density at radius 1 is 1.21 bits per heavy atom. The van der Waals surface area contributed by atoms with Crippen LogP contribution in [-0.2, 0) is 4.79 Å². The van der Waals surface area contributed by atoms with Gasteiger partial charge in [0.2, 0.25) is 5.91 Å². The maximum atomic E-state index is 12.0. The summed E-state index contributed by atoms with van der Waals surface area (Å²) in [6.45, 7) is 6.09. The van der Waals surface area contributed by atoms with Crippen LogP contribution in [0.1, 0.15) is 45.3 Å². The molecule has 19 heavy (non-hydrogen) atoms. The monoisotopic (exact) mass is 263 g/mol. The fourth-order valence-corrected chi connectivity index (χ4v) is 1.96. The van der Waals surface area contributed by atoms with Crippen LogP contribution >= 0.6 is 0 Å². The molecule has 1 N–H and O–H groups in total. The van der Waals surface area contributed by atoms with Crippen LogP contribution in [0.2, 0.25) is 0 Å². The Labute approximate surface area is 116 Å². The van der Waals surface area contributed by atoms with Crippen LogP contribution in [0.3, 0.4) is 0 Å². The summed E-state index contributed by atoms with van der Waals surface area (Å²) < 4.78 is 0. The lowest BCUT2D eigenvalue weighted by Gasteiger charge is -2.29. The zero-order chi connectivity index (χ0) is 14.4. The molecule has 106 valence electrons. The molecule has 3 nitrogen and oxygen atoms in total. The number of rotatable bonds is 6. The molecule has 0 radical (unpaired) electrons. The molecule has 0 saturated carbocycles. The van der Waals surface area contributed by atoms with Crippen LogP contribution in [0.25, 0.3) is 0 Å². The summed E-state index contributed by atoms with van der Waals surface area (Å²) in [4.78, 5) is 13.7. The van der Waals surface area contributed by atoms with E-state index in [2.05, 4.69) is 13.8 Å². The summed E-state index contributed by atoms with van der Waals surface area (Å²) >= 11 is 0. The van der Waals surface area contributed by atoms with Gasteiger partial charge < -0.3 is 10.0 Å². The van der Waals surface area contributed by atoms with Crippen molar-refractivity contribution in [1.82, 2.24) is 4.90 Å². The van der Waals surface area contributed by atoms with Gasteiger partial charge in [-0.1, -0.05) is 44.2 Å². The van der Waals surface area contributed by atoms with Gasteiger partial charge in [0.15, 0.2) is 0 Å². The number of hydrogen-bond donors (Lipinski definition) is 1. The van der Waals surface area contributed by atoms with Crippen molar-refractivity contribution in [2.24, 2.45) is 5.92 Å². The fraction of sp³-hybridized carbons (Fsp3) is 0.562. The zero-order valence-electron chi connectivity index (χ0n) is 12.3. The number of carbonyl (C=O) groups excluding carboxylic acids is 1. The highest BCUT2D eigenvalue weighted by Crippen LogP contribution is 2.20. The molecule has 0 aliphatic heterocycles. The van der Waals surface area contributed by atoms with Crippen LogP contribution < -0.4 is 0 Å². The lowest BCUT2D eigenvalue weighted by molar-refractivity contribution is -0.134. The van der Waals surface area contributed by atoms with E-state index in [1.54, 1.807) is 11.9 Å². The predicted molar refractivity (Wildman–Crippen MR) is 77.7 cm³/mol. The van der Waals surface area contributed by atoms with Crippen LogP contribution in [0, 0.1) is 5.92 Å². The summed E-state index contributed by atoms with van der Waals surface area (Å²) in [7, 11) is 1.76. The molecule has 0 heterocycles. The smallest absolute Gasteiger partial charge is 0.222 e. The fourth-order valence-electron chi connectivity index (χ4n) is 1.96. The van der Waals surface area contributed by atoms with Crippen molar-refractivity contribution in [3.63, 3.8) is 0 Å². The van der Waals surface area contributed by atoms with Crippen molar-refractivity contribution in [2.75, 3.05) is 7.05 Å². The number of carbonyl (C=O) groups is 1. The maximum Gasteiger partial charge on any atom is 0.222 e. The summed E-state index contributed by atoms with van der Waals surface area (Å²) in [5, 5.41) is 10.3. The maximum absolute atomic E-state index is 12.0. The van der Waals surface area contributed by atoms with Gasteiger partial charge in [-0.2, -0.15) is 0 Å². The molecule has 0 bridgehead atoms. The summed E-state index contributed by atoms with van der Waals surface area (Å²) in [5.74, 6) is 0.614. The summed E-state index contributed by atoms with van der Waals surface area (Å²) in [6, 6.07) is 9.25. The van der Waals surface area contributed by atoms with E-state index in [1.807, 2.05) is 37.3 Å². The van der Waals surface area contributed by atoms with Gasteiger partial charge in [0.1, 0.15) is 0 Å². The molecule has 1 aromatic rings. The predicted octanol–water partition coefficient (Wildman–Crippen LogP) is 3.00. The molecule has 1 aromatic carbocycles. The minimum atomic E-state index is -0.644. The Hall–Kier alpha value is -1.35. The van der Waals surface area contributed by atoms with Crippen molar-refractivity contribution >= 4 is 5.91 Å². The molecule has 0 aliphatic rings. The number of aliphatic hydroxyl groups excluding tert-OH is 1. The Balaban J connectivity index is 2.61. The van der Waals surface area contributed by atoms with E-state index in [0.29, 0.717) is 12.3 Å². The van der Waals surface area contributed by atoms with Crippen LogP contribution in [0.4, 0.5) is 0 Å². The first-order valence-electron chi connectivity index (χ1n) is 6.92. The number of likely N-dealkylation sites (N-methyl/N-ethyl adjacent to an activating group) is 1. The van der Waals surface area contributed by atoms with E-state index in [-0.39, 0.29) is 11.9 Å². The average Bonchev–Trinajstić information content (AvgIpc) is 2.43. The van der Waals surface area contributed by atoms with Gasteiger partial charge in [-0.05, 0) is 24.8 Å². The standard InChI is InChI=1S/C16H25NO2/c1-12(2)10-11-15(18)17(4)13(3)16(19)14-8-6-5-7-9-14/h5-9,12-13,16,19H,10-11H2,1-4H3/t13-,16+/m0/s1. The van der Waals surface area contributed by atoms with Crippen LogP contribution in [0.15, 0.2) is 30.3 Å². The van der Waals surface area contributed by atoms with E-state index < -0.39 is 6.10 Å². The zero-order valence-corrected chi connectivity index (χ0v) is 12.3. The second-order valence-electron chi connectivity index (χ2n) is 5.53. The highest BCUT2D eigenvalue weighted by atomic mass is 16.3. The number of aliphatic hydroxyl groups is 1. The molecular weight excluding hydrogens is 238 g/mol. The second kappa shape index (κ2) is 7.29. The third kappa shape index (κ3) is 4.67. The van der Waals surface area contributed by atoms with Gasteiger partial charge in [-0.15, -0.1) is 0 Å². The normalized spacial score (nSPS) is 14.2. The quantitative estimate of drug-likeness (QED) is 0.857. The van der Waals surface area contributed by atoms with Crippen LogP contribution in [0.5, 0.6) is 0 Å². The van der Waals surface area contributed by atoms with Crippen molar-refractivity contribution in [1.29, 1.82) is 0 Å². The van der Waals surface area contributed by atoms with Crippen molar-refractivity contribution in [3.05, 3.63) is 35.9 Å². The SMILES string of the molecule is CC(C)CCC(=O)N(C)[C@@H](C)[C@@H](O)c1ccccc1. The van der Waals surface area contributed by atoms with E-state index in [4.69, 9.17) is 0 Å². The Bertz CT molecular complexity index is 389. The lowest BCUT2D eigenvalue weighted by Crippen LogP contribution is -2.39. The first kappa shape index (κ1) is 15.7. The first-order chi connectivity index (χ1) is 8.93. The molecule has 0 aromatic heterocycles. The molecule has 2 atom stereocenters. The molecular formula is C16H25NO2. The van der Waals surface area contributed by atoms with E-state index in [1.165, 1.54) is 0 Å². The molecule has 1 rings (SSSR count). The van der Waals surface area contributed by atoms with E-state index in [9.17, 15) is 9.90 Å². The largest absolute Gasteiger partial charge is 0.386 e. The molecule has 3 heteroatoms. The minimum Gasteiger partial charge on any atom is -0.386 e. The number of hydrogen-bond acceptors (Lipinski definition) is 2. The highest BCUT2D eigenvalue weighted by molar-refractivity contribution is 5.76. The first-order valence-corrected chi connectivity index (χ1v) is 6.92. The van der Waals surface area contributed by atoms with Gasteiger partial charge in [0.25, 0.3) is 0 Å². The van der Waals surface area contributed by atoms with Crippen molar-refractivity contribution < 1.29 is 9.90 Å². The van der Waals surface area contributed by atoms with Crippen molar-refractivity contribution in [3.8, 4) is 0 Å². The number of amides is 1. The van der Waals surface area contributed by atoms with Gasteiger partial charge >= 0.3 is 0 Å². The average molecular weight is 263 g/mol. The molecule has 1 amide bonds. The Morgan fingerprint density at radius 3 is 2.32 bits per heavy atom. The van der Waals surface area contributed by atoms with Gasteiger partial charge in [0.05, 0.1) is 12.1 Å². The molecule has 0 spiro atoms. The van der Waals surface area contributed by atoms with Gasteiger partial charge in [-0.25, -0.2) is 0 Å². The molecule has 0 fully saturated rings. The highest BCUT2D eigenvalue weighted by Gasteiger charge is 2.23. The summed E-state index contributed by atoms with van der Waals surface area (Å²) in [5.41, 5.74) is 0.846. The number of nitrogens with zero attached hydrogens (tertiary/aromatic N) is 1. The minimum absolute atomic E-state index is 0.0937. The van der Waals surface area contributed by atoms with Gasteiger partial charge in [0, 0.05) is 13.5 Å². The topological polar surface area (TPSA) is 40.5 Å². The lowest BCUT2D eigenvalue weighted by atomic mass is 10.0. The summed E-state index contributed by atoms with van der Waals surface area (Å²) in [6.07, 6.45) is 0.784. The van der Waals surface area contributed by atoms with E-state index in [0.717, 1.165) is 12.0 Å². The Kier molecular flexibility index (Phi) is 6.03. The number of benzene rings is 1.